The molecule has 0 bridgehead atoms. The van der Waals surface area contributed by atoms with Crippen LogP contribution in [0.15, 0.2) is 41.8 Å². The Balaban J connectivity index is 0.00000182. The van der Waals surface area contributed by atoms with Gasteiger partial charge in [0, 0.05) is 31.1 Å². The van der Waals surface area contributed by atoms with E-state index >= 15 is 0 Å². The SMILES string of the molecule is Cl.Cl.FC(F)C(F)(F)Oc1cccc([C@@H](c2cccs2)N2CCNCC2)c1. The van der Waals surface area contributed by atoms with Gasteiger partial charge in [-0.15, -0.1) is 36.2 Å². The Labute approximate surface area is 171 Å². The van der Waals surface area contributed by atoms with Crippen LogP contribution in [0.25, 0.3) is 0 Å². The second-order valence-electron chi connectivity index (χ2n) is 5.74. The van der Waals surface area contributed by atoms with Crippen molar-refractivity contribution in [2.45, 2.75) is 18.6 Å². The second-order valence-corrected chi connectivity index (χ2v) is 6.72. The normalized spacial score (nSPS) is 16.3. The molecule has 1 aliphatic heterocycles. The molecule has 0 spiro atoms. The number of halogens is 6. The zero-order chi connectivity index (χ0) is 17.9. The van der Waals surface area contributed by atoms with Crippen LogP contribution in [0.1, 0.15) is 16.5 Å². The van der Waals surface area contributed by atoms with Crippen LogP contribution in [-0.2, 0) is 0 Å². The Hall–Kier alpha value is -1.06. The molecule has 1 aromatic heterocycles. The van der Waals surface area contributed by atoms with Gasteiger partial charge in [0.1, 0.15) is 5.75 Å². The van der Waals surface area contributed by atoms with Crippen LogP contribution in [0.4, 0.5) is 17.6 Å². The van der Waals surface area contributed by atoms with Crippen molar-refractivity contribution < 1.29 is 22.3 Å². The van der Waals surface area contributed by atoms with E-state index in [0.717, 1.165) is 36.6 Å². The predicted octanol–water partition coefficient (Wildman–Crippen LogP) is 4.82. The van der Waals surface area contributed by atoms with Gasteiger partial charge < -0.3 is 10.1 Å². The van der Waals surface area contributed by atoms with Crippen LogP contribution in [0, 0.1) is 0 Å². The Kier molecular flexibility index (Phi) is 9.30. The first-order valence-electron chi connectivity index (χ1n) is 7.90. The molecule has 0 radical (unpaired) electrons. The largest absolute Gasteiger partial charge is 0.461 e. The minimum Gasteiger partial charge on any atom is -0.428 e. The standard InChI is InChI=1S/C17H18F4N2OS.2ClH/c18-16(19)17(20,21)24-13-4-1-3-12(11-13)15(14-5-2-10-25-14)23-8-6-22-7-9-23;;/h1-5,10-11,15-16,22H,6-9H2;2*1H/t15-;;/m0../s1. The molecule has 1 saturated heterocycles. The lowest BCUT2D eigenvalue weighted by Crippen LogP contribution is -2.45. The predicted molar refractivity (Wildman–Crippen MR) is 103 cm³/mol. The highest BCUT2D eigenvalue weighted by Crippen LogP contribution is 2.35. The number of hydrogen-bond acceptors (Lipinski definition) is 4. The summed E-state index contributed by atoms with van der Waals surface area (Å²) in [5, 5.41) is 5.23. The Bertz CT molecular complexity index is 685. The third-order valence-electron chi connectivity index (χ3n) is 4.01. The van der Waals surface area contributed by atoms with E-state index in [4.69, 9.17) is 0 Å². The van der Waals surface area contributed by atoms with Gasteiger partial charge in [0.05, 0.1) is 6.04 Å². The van der Waals surface area contributed by atoms with Gasteiger partial charge >= 0.3 is 12.5 Å². The maximum Gasteiger partial charge on any atom is 0.461 e. The third-order valence-corrected chi connectivity index (χ3v) is 4.94. The molecule has 0 unspecified atom stereocenters. The van der Waals surface area contributed by atoms with Crippen molar-refractivity contribution in [1.29, 1.82) is 0 Å². The van der Waals surface area contributed by atoms with E-state index in [1.54, 1.807) is 23.5 Å². The van der Waals surface area contributed by atoms with Crippen LogP contribution < -0.4 is 10.1 Å². The quantitative estimate of drug-likeness (QED) is 0.643. The van der Waals surface area contributed by atoms with Crippen molar-refractivity contribution in [2.24, 2.45) is 0 Å². The topological polar surface area (TPSA) is 24.5 Å². The van der Waals surface area contributed by atoms with Gasteiger partial charge in [0.15, 0.2) is 0 Å². The molecule has 0 saturated carbocycles. The van der Waals surface area contributed by atoms with Crippen molar-refractivity contribution >= 4 is 36.2 Å². The first-order valence-corrected chi connectivity index (χ1v) is 8.78. The van der Waals surface area contributed by atoms with Crippen molar-refractivity contribution in [3.05, 3.63) is 52.2 Å². The Morgan fingerprint density at radius 3 is 2.37 bits per heavy atom. The van der Waals surface area contributed by atoms with Crippen molar-refractivity contribution in [3.63, 3.8) is 0 Å². The molecule has 27 heavy (non-hydrogen) atoms. The fraction of sp³-hybridized carbons (Fsp3) is 0.412. The minimum absolute atomic E-state index is 0. The Morgan fingerprint density at radius 2 is 1.78 bits per heavy atom. The van der Waals surface area contributed by atoms with Crippen LogP contribution in [0.3, 0.4) is 0 Å². The molecule has 2 heterocycles. The summed E-state index contributed by atoms with van der Waals surface area (Å²) in [6, 6.07) is 9.84. The number of alkyl halides is 4. The van der Waals surface area contributed by atoms with E-state index in [9.17, 15) is 17.6 Å². The van der Waals surface area contributed by atoms with Gasteiger partial charge in [-0.1, -0.05) is 18.2 Å². The summed E-state index contributed by atoms with van der Waals surface area (Å²) in [7, 11) is 0. The number of piperazine rings is 1. The van der Waals surface area contributed by atoms with Gasteiger partial charge in [-0.3, -0.25) is 4.90 Å². The first-order chi connectivity index (χ1) is 12.0. The molecule has 3 nitrogen and oxygen atoms in total. The van der Waals surface area contributed by atoms with Gasteiger partial charge in [-0.25, -0.2) is 0 Å². The van der Waals surface area contributed by atoms with Crippen molar-refractivity contribution in [2.75, 3.05) is 26.2 Å². The minimum atomic E-state index is -4.51. The van der Waals surface area contributed by atoms with Crippen LogP contribution >= 0.6 is 36.2 Å². The fourth-order valence-electron chi connectivity index (χ4n) is 2.89. The lowest BCUT2D eigenvalue weighted by molar-refractivity contribution is -0.253. The van der Waals surface area contributed by atoms with Crippen LogP contribution in [0.2, 0.25) is 0 Å². The molecular weight excluding hydrogens is 427 g/mol. The van der Waals surface area contributed by atoms with Gasteiger partial charge in [-0.05, 0) is 29.1 Å². The van der Waals surface area contributed by atoms with Crippen LogP contribution in [0.5, 0.6) is 5.75 Å². The summed E-state index contributed by atoms with van der Waals surface area (Å²) in [5.74, 6) is -0.264. The van der Waals surface area contributed by atoms with Gasteiger partial charge in [-0.2, -0.15) is 17.6 Å². The van der Waals surface area contributed by atoms with E-state index in [-0.39, 0.29) is 36.6 Å². The number of thiophene rings is 1. The third kappa shape index (κ3) is 5.96. The average molecular weight is 447 g/mol. The molecular formula is C17H20Cl2F4N2OS. The first kappa shape index (κ1) is 24.0. The number of nitrogens with one attached hydrogen (secondary N) is 1. The molecule has 1 atom stereocenters. The Morgan fingerprint density at radius 1 is 1.07 bits per heavy atom. The monoisotopic (exact) mass is 446 g/mol. The number of hydrogen-bond donors (Lipinski definition) is 1. The number of nitrogens with zero attached hydrogens (tertiary/aromatic N) is 1. The molecule has 1 aromatic carbocycles. The highest BCUT2D eigenvalue weighted by atomic mass is 35.5. The summed E-state index contributed by atoms with van der Waals surface area (Å²) < 4.78 is 55.4. The molecule has 0 amide bonds. The lowest BCUT2D eigenvalue weighted by atomic mass is 10.0. The summed E-state index contributed by atoms with van der Waals surface area (Å²) in [5.41, 5.74) is 0.743. The van der Waals surface area contributed by atoms with Gasteiger partial charge in [0.2, 0.25) is 0 Å². The van der Waals surface area contributed by atoms with E-state index in [0.29, 0.717) is 0 Å². The smallest absolute Gasteiger partial charge is 0.428 e. The highest BCUT2D eigenvalue weighted by molar-refractivity contribution is 7.10. The maximum atomic E-state index is 13.2. The molecule has 152 valence electrons. The average Bonchev–Trinajstić information content (AvgIpc) is 3.10. The second kappa shape index (κ2) is 10.5. The van der Waals surface area contributed by atoms with E-state index in [1.165, 1.54) is 12.1 Å². The van der Waals surface area contributed by atoms with Crippen molar-refractivity contribution in [1.82, 2.24) is 10.2 Å². The molecule has 1 aliphatic rings. The number of benzene rings is 1. The molecule has 1 fully saturated rings. The van der Waals surface area contributed by atoms with Crippen molar-refractivity contribution in [3.8, 4) is 5.75 Å². The highest BCUT2D eigenvalue weighted by Gasteiger charge is 2.44. The van der Waals surface area contributed by atoms with E-state index < -0.39 is 12.5 Å². The fourth-order valence-corrected chi connectivity index (χ4v) is 3.78. The van der Waals surface area contributed by atoms with Gasteiger partial charge in [0.25, 0.3) is 0 Å². The molecule has 3 rings (SSSR count). The summed E-state index contributed by atoms with van der Waals surface area (Å²) in [4.78, 5) is 3.31. The zero-order valence-corrected chi connectivity index (χ0v) is 16.6. The van der Waals surface area contributed by atoms with E-state index in [2.05, 4.69) is 15.0 Å². The maximum absolute atomic E-state index is 13.2. The van der Waals surface area contributed by atoms with E-state index in [1.807, 2.05) is 17.5 Å². The zero-order valence-electron chi connectivity index (χ0n) is 14.1. The van der Waals surface area contributed by atoms with Crippen LogP contribution in [-0.4, -0.2) is 43.6 Å². The summed E-state index contributed by atoms with van der Waals surface area (Å²) in [6.45, 7) is 3.28. The number of rotatable bonds is 6. The lowest BCUT2D eigenvalue weighted by Gasteiger charge is -2.35. The summed E-state index contributed by atoms with van der Waals surface area (Å²) >= 11 is 1.57. The molecule has 0 aliphatic carbocycles. The summed E-state index contributed by atoms with van der Waals surface area (Å²) in [6.07, 6.45) is -8.39. The molecule has 1 N–H and O–H groups in total. The number of ether oxygens (including phenoxy) is 1. The molecule has 10 heteroatoms. The molecule has 2 aromatic rings.